The van der Waals surface area contributed by atoms with E-state index in [1.54, 1.807) is 0 Å². The first-order valence-corrected chi connectivity index (χ1v) is 12.7. The van der Waals surface area contributed by atoms with Crippen LogP contribution in [-0.4, -0.2) is 17.5 Å². The fraction of sp³-hybridized carbons (Fsp3) is 0.500. The number of benzene rings is 2. The Balaban J connectivity index is 1.77. The number of rotatable bonds is 9. The van der Waals surface area contributed by atoms with Gasteiger partial charge in [-0.05, 0) is 107 Å². The van der Waals surface area contributed by atoms with Crippen LogP contribution in [0.25, 0.3) is 0 Å². The number of nitrogens with zero attached hydrogens (tertiary/aromatic N) is 2. The van der Waals surface area contributed by atoms with Crippen molar-refractivity contribution >= 4 is 31.9 Å². The molecule has 2 aromatic carbocycles. The second-order valence-corrected chi connectivity index (χ2v) is 10.6. The van der Waals surface area contributed by atoms with E-state index in [9.17, 15) is 5.26 Å². The standard InChI is InChI=1S/C26H32Br2N2/c1-20(2)30(18-21-9-4-3-5-10-21)16-8-15-26(19-29,22-11-6-7-12-22)23-13-14-24(27)25(28)17-23/h3-5,9-10,13-14,17,20,22H,6-8,11-12,15-16,18H2,1-2H3. The van der Waals surface area contributed by atoms with E-state index in [4.69, 9.17) is 0 Å². The van der Waals surface area contributed by atoms with Crippen LogP contribution in [0.1, 0.15) is 63.5 Å². The SMILES string of the molecule is CC(C)N(CCCC(C#N)(c1ccc(Br)c(Br)c1)C1CCCC1)Cc1ccccc1. The highest BCUT2D eigenvalue weighted by molar-refractivity contribution is 9.13. The molecule has 1 aliphatic carbocycles. The number of nitriles is 1. The van der Waals surface area contributed by atoms with Gasteiger partial charge in [0, 0.05) is 21.5 Å². The molecule has 2 aromatic rings. The van der Waals surface area contributed by atoms with Crippen LogP contribution in [-0.2, 0) is 12.0 Å². The average Bonchev–Trinajstić information content (AvgIpc) is 3.28. The van der Waals surface area contributed by atoms with Gasteiger partial charge in [-0.15, -0.1) is 0 Å². The normalized spacial score (nSPS) is 16.7. The molecule has 4 heteroatoms. The molecule has 0 amide bonds. The molecule has 0 spiro atoms. The highest BCUT2D eigenvalue weighted by Crippen LogP contribution is 2.46. The Kier molecular flexibility index (Phi) is 8.57. The van der Waals surface area contributed by atoms with Crippen LogP contribution in [0.2, 0.25) is 0 Å². The molecule has 30 heavy (non-hydrogen) atoms. The second kappa shape index (κ2) is 10.9. The van der Waals surface area contributed by atoms with E-state index in [1.165, 1.54) is 36.8 Å². The Morgan fingerprint density at radius 1 is 1.07 bits per heavy atom. The van der Waals surface area contributed by atoms with Crippen molar-refractivity contribution in [1.82, 2.24) is 4.90 Å². The minimum absolute atomic E-state index is 0.394. The van der Waals surface area contributed by atoms with Gasteiger partial charge in [0.1, 0.15) is 0 Å². The van der Waals surface area contributed by atoms with Gasteiger partial charge in [0.05, 0.1) is 11.5 Å². The smallest absolute Gasteiger partial charge is 0.0851 e. The van der Waals surface area contributed by atoms with E-state index >= 15 is 0 Å². The minimum atomic E-state index is -0.394. The fourth-order valence-electron chi connectivity index (χ4n) is 4.89. The van der Waals surface area contributed by atoms with Crippen LogP contribution >= 0.6 is 31.9 Å². The van der Waals surface area contributed by atoms with Gasteiger partial charge in [-0.25, -0.2) is 0 Å². The van der Waals surface area contributed by atoms with Crippen LogP contribution in [0.3, 0.4) is 0 Å². The van der Waals surface area contributed by atoms with Crippen molar-refractivity contribution in [1.29, 1.82) is 5.26 Å². The van der Waals surface area contributed by atoms with E-state index < -0.39 is 5.41 Å². The second-order valence-electron chi connectivity index (χ2n) is 8.85. The van der Waals surface area contributed by atoms with E-state index in [0.717, 1.165) is 34.9 Å². The third-order valence-corrected chi connectivity index (χ3v) is 8.54. The van der Waals surface area contributed by atoms with Crippen molar-refractivity contribution in [2.24, 2.45) is 5.92 Å². The molecule has 0 bridgehead atoms. The van der Waals surface area contributed by atoms with Gasteiger partial charge >= 0.3 is 0 Å². The summed E-state index contributed by atoms with van der Waals surface area (Å²) < 4.78 is 2.07. The molecule has 0 aromatic heterocycles. The zero-order valence-electron chi connectivity index (χ0n) is 18.1. The highest BCUT2D eigenvalue weighted by atomic mass is 79.9. The van der Waals surface area contributed by atoms with Gasteiger partial charge in [-0.1, -0.05) is 49.2 Å². The Bertz CT molecular complexity index is 853. The molecule has 0 saturated heterocycles. The van der Waals surface area contributed by atoms with Crippen molar-refractivity contribution in [3.05, 3.63) is 68.6 Å². The van der Waals surface area contributed by atoms with E-state index in [0.29, 0.717) is 12.0 Å². The Hall–Kier alpha value is -1.15. The first-order chi connectivity index (χ1) is 14.5. The van der Waals surface area contributed by atoms with E-state index in [2.05, 4.69) is 105 Å². The molecule has 1 unspecified atom stereocenters. The van der Waals surface area contributed by atoms with Gasteiger partial charge in [0.2, 0.25) is 0 Å². The first-order valence-electron chi connectivity index (χ1n) is 11.1. The lowest BCUT2D eigenvalue weighted by atomic mass is 9.67. The maximum absolute atomic E-state index is 10.5. The van der Waals surface area contributed by atoms with Crippen molar-refractivity contribution in [3.63, 3.8) is 0 Å². The topological polar surface area (TPSA) is 27.0 Å². The van der Waals surface area contributed by atoms with Crippen molar-refractivity contribution in [2.45, 2.75) is 70.4 Å². The summed E-state index contributed by atoms with van der Waals surface area (Å²) in [6, 6.07) is 20.4. The molecule has 0 N–H and O–H groups in total. The summed E-state index contributed by atoms with van der Waals surface area (Å²) in [6.45, 7) is 6.51. The van der Waals surface area contributed by atoms with E-state index in [1.807, 2.05) is 0 Å². The summed E-state index contributed by atoms with van der Waals surface area (Å²) in [4.78, 5) is 2.53. The molecular weight excluding hydrogens is 500 g/mol. The maximum atomic E-state index is 10.5. The van der Waals surface area contributed by atoms with Crippen molar-refractivity contribution < 1.29 is 0 Å². The summed E-state index contributed by atoms with van der Waals surface area (Å²) in [5, 5.41) is 10.5. The third-order valence-electron chi connectivity index (χ3n) is 6.66. The number of hydrogen-bond donors (Lipinski definition) is 0. The molecule has 0 heterocycles. The first kappa shape index (κ1) is 23.5. The molecule has 2 nitrogen and oxygen atoms in total. The van der Waals surface area contributed by atoms with Crippen LogP contribution in [0.15, 0.2) is 57.5 Å². The predicted molar refractivity (Wildman–Crippen MR) is 132 cm³/mol. The lowest BCUT2D eigenvalue weighted by Gasteiger charge is -2.35. The summed E-state index contributed by atoms with van der Waals surface area (Å²) in [5.41, 5.74) is 2.13. The molecule has 1 fully saturated rings. The quantitative estimate of drug-likeness (QED) is 0.329. The van der Waals surface area contributed by atoms with Gasteiger partial charge in [0.15, 0.2) is 0 Å². The lowest BCUT2D eigenvalue weighted by molar-refractivity contribution is 0.197. The van der Waals surface area contributed by atoms with Crippen LogP contribution < -0.4 is 0 Å². The molecule has 0 radical (unpaired) electrons. The number of halogens is 2. The van der Waals surface area contributed by atoms with Gasteiger partial charge in [0.25, 0.3) is 0 Å². The van der Waals surface area contributed by atoms with Crippen LogP contribution in [0.4, 0.5) is 0 Å². The molecule has 160 valence electrons. The third kappa shape index (κ3) is 5.55. The Morgan fingerprint density at radius 3 is 2.37 bits per heavy atom. The molecular formula is C26H32Br2N2. The molecule has 3 rings (SSSR count). The molecule has 0 aliphatic heterocycles. The highest BCUT2D eigenvalue weighted by Gasteiger charge is 2.42. The minimum Gasteiger partial charge on any atom is -0.297 e. The van der Waals surface area contributed by atoms with Gasteiger partial charge < -0.3 is 0 Å². The monoisotopic (exact) mass is 530 g/mol. The van der Waals surface area contributed by atoms with Crippen molar-refractivity contribution in [3.8, 4) is 6.07 Å². The zero-order chi connectivity index (χ0) is 21.6. The maximum Gasteiger partial charge on any atom is 0.0851 e. The van der Waals surface area contributed by atoms with E-state index in [-0.39, 0.29) is 0 Å². The summed E-state index contributed by atoms with van der Waals surface area (Å²) in [5.74, 6) is 0.456. The number of hydrogen-bond acceptors (Lipinski definition) is 2. The summed E-state index contributed by atoms with van der Waals surface area (Å²) in [7, 11) is 0. The molecule has 1 saturated carbocycles. The Morgan fingerprint density at radius 2 is 1.77 bits per heavy atom. The van der Waals surface area contributed by atoms with Gasteiger partial charge in [-0.2, -0.15) is 5.26 Å². The average molecular weight is 532 g/mol. The fourth-order valence-corrected chi connectivity index (χ4v) is 5.51. The molecule has 1 aliphatic rings. The van der Waals surface area contributed by atoms with Crippen molar-refractivity contribution in [2.75, 3.05) is 6.54 Å². The zero-order valence-corrected chi connectivity index (χ0v) is 21.3. The summed E-state index contributed by atoms with van der Waals surface area (Å²) >= 11 is 7.24. The molecule has 1 atom stereocenters. The van der Waals surface area contributed by atoms with Gasteiger partial charge in [-0.3, -0.25) is 4.90 Å². The largest absolute Gasteiger partial charge is 0.297 e. The van der Waals surface area contributed by atoms with Crippen LogP contribution in [0.5, 0.6) is 0 Å². The van der Waals surface area contributed by atoms with Crippen LogP contribution in [0, 0.1) is 17.2 Å². The lowest BCUT2D eigenvalue weighted by Crippen LogP contribution is -2.36. The summed E-state index contributed by atoms with van der Waals surface area (Å²) in [6.07, 6.45) is 6.77. The Labute approximate surface area is 198 Å². The predicted octanol–water partition coefficient (Wildman–Crippen LogP) is 7.85.